The number of urea groups is 1. The Bertz CT molecular complexity index is 3040. The largest absolute Gasteiger partial charge is 0.495 e. The highest BCUT2D eigenvalue weighted by molar-refractivity contribution is 6.35. The number of ketones is 2. The number of likely N-dealkylation sites (tertiary alicyclic amines) is 1. The zero-order chi connectivity index (χ0) is 65.1. The summed E-state index contributed by atoms with van der Waals surface area (Å²) in [6.45, 7) is 14.4. The minimum Gasteiger partial charge on any atom is -0.495 e. The first-order valence-corrected chi connectivity index (χ1v) is 30.7. The zero-order valence-corrected chi connectivity index (χ0v) is 53.6. The second kappa shape index (κ2) is 30.5. The number of aliphatic hydroxyl groups is 1. The molecule has 0 aromatic heterocycles. The van der Waals surface area contributed by atoms with Crippen molar-refractivity contribution in [2.75, 3.05) is 46.3 Å². The number of likely N-dealkylation sites (N-methyl/N-ethyl adjacent to an activating group) is 1. The number of primary amides is 1. The summed E-state index contributed by atoms with van der Waals surface area (Å²) in [4.78, 5) is 138. The lowest BCUT2D eigenvalue weighted by molar-refractivity contribution is -0.187. The SMILES string of the molecule is COc1cc2cc(c1Cl)N(C)C(=O)C[C@H](OC(=O)[C@H](C)N(C)C(=O)c1ccc(CC(=O)[C@H](CCCNC(N)=O)NC(=O)[C@@H](CC(=O)CCCCCN3C(=O)CC(C)C3=O)C(C)C)c(C)c1)[C@]1(C)O[C@H]1[C@H](C)[C@@H]1C[C@@](O)(CC(=O)O1)[C@H](OC)/C=C/C=C(\C)C2. The Labute approximate surface area is 520 Å². The van der Waals surface area contributed by atoms with Crippen LogP contribution >= 0.6 is 11.6 Å². The molecule has 1 unspecified atom stereocenters. The smallest absolute Gasteiger partial charge is 0.328 e. The third-order valence-electron chi connectivity index (χ3n) is 17.7. The second-order valence-corrected chi connectivity index (χ2v) is 25.2. The Morgan fingerprint density at radius 2 is 1.68 bits per heavy atom. The van der Waals surface area contributed by atoms with Crippen LogP contribution in [-0.2, 0) is 70.1 Å². The number of unbranched alkanes of at least 4 members (excludes halogenated alkanes) is 2. The van der Waals surface area contributed by atoms with Crippen LogP contribution in [0, 0.1) is 30.6 Å². The van der Waals surface area contributed by atoms with Gasteiger partial charge in [0.25, 0.3) is 5.91 Å². The maximum absolute atomic E-state index is 14.5. The molecule has 7 amide bonds. The number of benzene rings is 2. The highest BCUT2D eigenvalue weighted by Gasteiger charge is 2.64. The van der Waals surface area contributed by atoms with Crippen molar-refractivity contribution in [3.8, 4) is 5.75 Å². The number of carbonyl (C=O) groups excluding carboxylic acids is 10. The molecule has 11 atom stereocenters. The number of esters is 2. The Balaban J connectivity index is 1.16. The average Bonchev–Trinajstić information content (AvgIpc) is 1.73. The summed E-state index contributed by atoms with van der Waals surface area (Å²) in [5.74, 6) is -5.54. The first kappa shape index (κ1) is 70.1. The number of rotatable bonds is 24. The van der Waals surface area contributed by atoms with Crippen molar-refractivity contribution in [1.29, 1.82) is 0 Å². The number of nitrogens with zero attached hydrogens (tertiary/aromatic N) is 3. The molecule has 0 radical (unpaired) electrons. The van der Waals surface area contributed by atoms with Gasteiger partial charge in [-0.15, -0.1) is 0 Å². The lowest BCUT2D eigenvalue weighted by Gasteiger charge is -2.41. The Morgan fingerprint density at radius 1 is 0.966 bits per heavy atom. The van der Waals surface area contributed by atoms with Gasteiger partial charge in [-0.3, -0.25) is 43.3 Å². The zero-order valence-electron chi connectivity index (χ0n) is 52.9. The standard InChI is InChI=1S/C65H89ClN6O16/c1-36(2)46(32-45(73)19-14-13-15-25-72-55(76)28-39(5)60(72)79)59(78)69-47(20-17-24-68-63(67)82)49(74)31-43-22-23-44(27-38(43)4)61(80)70(9)41(7)62(81)87-53-33-54(75)71(10)48-29-42(30-50(84-11)57(48)66)26-37(3)18-16-21-52(85-12)65(83)34-51(86-56(77)35-65)40(6)58-64(53,8)88-58/h16,18,21-23,27,29-30,36,39-41,46-47,51-53,58,83H,13-15,17,19-20,24-26,28,31-35H2,1-12H3,(H,69,78)(H3,67,68,82)/b21-16+,37-18+/t39?,40-,41+,46+,47+,51+,52-,53+,58+,64+,65-/m1/s1. The molecule has 0 saturated carbocycles. The maximum atomic E-state index is 14.5. The molecule has 22 nitrogen and oxygen atoms in total. The van der Waals surface area contributed by atoms with E-state index in [0.717, 1.165) is 11.1 Å². The molecule has 5 N–H and O–H groups in total. The number of aryl methyl sites for hydroxylation is 1. The van der Waals surface area contributed by atoms with E-state index in [1.807, 2.05) is 26.8 Å². The number of allylic oxidation sites excluding steroid dienone is 3. The minimum absolute atomic E-state index is 0.0151. The van der Waals surface area contributed by atoms with Crippen molar-refractivity contribution in [1.82, 2.24) is 20.4 Å². The van der Waals surface area contributed by atoms with Gasteiger partial charge in [0, 0.05) is 89.7 Å². The summed E-state index contributed by atoms with van der Waals surface area (Å²) in [6, 6.07) is 5.26. The third-order valence-corrected chi connectivity index (χ3v) is 18.1. The first-order valence-electron chi connectivity index (χ1n) is 30.3. The van der Waals surface area contributed by atoms with E-state index in [0.29, 0.717) is 54.8 Å². The van der Waals surface area contributed by atoms with Gasteiger partial charge in [0.05, 0.1) is 37.8 Å². The van der Waals surface area contributed by atoms with Gasteiger partial charge in [-0.25, -0.2) is 9.59 Å². The van der Waals surface area contributed by atoms with Crippen LogP contribution in [0.3, 0.4) is 0 Å². The predicted octanol–water partition coefficient (Wildman–Crippen LogP) is 6.62. The molecule has 2 aromatic carbocycles. The number of Topliss-reactive ketones (excluding diaryl/α,β-unsaturated/α-hetero) is 2. The van der Waals surface area contributed by atoms with Gasteiger partial charge in [0.15, 0.2) is 5.78 Å². The van der Waals surface area contributed by atoms with Gasteiger partial charge < -0.3 is 55.0 Å². The fraction of sp³-hybridized carbons (Fsp3) is 0.600. The van der Waals surface area contributed by atoms with Gasteiger partial charge >= 0.3 is 18.0 Å². The molecule has 482 valence electrons. The number of carbonyl (C=O) groups is 10. The number of hydrogen-bond acceptors (Lipinski definition) is 16. The van der Waals surface area contributed by atoms with Crippen molar-refractivity contribution in [2.24, 2.45) is 29.4 Å². The number of nitrogens with one attached hydrogen (secondary N) is 2. The molecular formula is C65H89ClN6O16. The number of ether oxygens (including phenoxy) is 5. The molecule has 4 heterocycles. The van der Waals surface area contributed by atoms with E-state index in [1.54, 1.807) is 71.2 Å². The number of imide groups is 1. The second-order valence-electron chi connectivity index (χ2n) is 24.8. The van der Waals surface area contributed by atoms with Gasteiger partial charge in [-0.1, -0.05) is 75.6 Å². The summed E-state index contributed by atoms with van der Waals surface area (Å²) < 4.78 is 29.9. The molecule has 88 heavy (non-hydrogen) atoms. The highest BCUT2D eigenvalue weighted by atomic mass is 35.5. The van der Waals surface area contributed by atoms with E-state index in [4.69, 9.17) is 41.0 Å². The number of methoxy groups -OCH3 is 2. The summed E-state index contributed by atoms with van der Waals surface area (Å²) in [7, 11) is 5.88. The highest BCUT2D eigenvalue weighted by Crippen LogP contribution is 2.50. The number of amides is 7. The van der Waals surface area contributed by atoms with Gasteiger partial charge in [0.2, 0.25) is 23.6 Å². The number of anilines is 1. The molecule has 3 fully saturated rings. The first-order chi connectivity index (χ1) is 41.4. The van der Waals surface area contributed by atoms with Crippen molar-refractivity contribution >= 4 is 76.4 Å². The van der Waals surface area contributed by atoms with Crippen LogP contribution in [0.25, 0.3) is 0 Å². The monoisotopic (exact) mass is 1240 g/mol. The third kappa shape index (κ3) is 17.4. The molecule has 0 spiro atoms. The Kier molecular flexibility index (Phi) is 24.3. The number of nitrogens with two attached hydrogens (primary N) is 1. The molecule has 4 aliphatic rings. The number of halogens is 1. The lowest BCUT2D eigenvalue weighted by atomic mass is 9.78. The van der Waals surface area contributed by atoms with Gasteiger partial charge in [-0.05, 0) is 107 Å². The normalized spacial score (nSPS) is 26.0. The fourth-order valence-electron chi connectivity index (χ4n) is 11.9. The van der Waals surface area contributed by atoms with E-state index in [2.05, 4.69) is 10.6 Å². The molecule has 6 rings (SSSR count). The minimum atomic E-state index is -1.66. The maximum Gasteiger partial charge on any atom is 0.328 e. The number of hydrogen-bond donors (Lipinski definition) is 4. The van der Waals surface area contributed by atoms with Crippen LogP contribution in [0.5, 0.6) is 5.75 Å². The van der Waals surface area contributed by atoms with Crippen molar-refractivity contribution in [2.45, 2.75) is 187 Å². The Hall–Kier alpha value is -7.01. The molecule has 0 aliphatic carbocycles. The van der Waals surface area contributed by atoms with Crippen molar-refractivity contribution in [3.63, 3.8) is 0 Å². The summed E-state index contributed by atoms with van der Waals surface area (Å²) in [5, 5.41) is 17.6. The number of fused-ring (bicyclic) bond motifs is 5. The van der Waals surface area contributed by atoms with Crippen molar-refractivity contribution in [3.05, 3.63) is 81.4 Å². The predicted molar refractivity (Wildman–Crippen MR) is 327 cm³/mol. The molecule has 4 bridgehead atoms. The topological polar surface area (TPSA) is 300 Å². The van der Waals surface area contributed by atoms with E-state index in [-0.39, 0.29) is 104 Å². The van der Waals surface area contributed by atoms with E-state index < -0.39 is 102 Å². The van der Waals surface area contributed by atoms with Gasteiger partial charge in [0.1, 0.15) is 52.1 Å². The molecule has 3 saturated heterocycles. The van der Waals surface area contributed by atoms with Crippen molar-refractivity contribution < 1.29 is 76.7 Å². The van der Waals surface area contributed by atoms with E-state index in [9.17, 15) is 53.1 Å². The van der Waals surface area contributed by atoms with Crippen LogP contribution in [0.1, 0.15) is 146 Å². The summed E-state index contributed by atoms with van der Waals surface area (Å²) in [5.41, 5.74) is 5.56. The molecule has 23 heteroatoms. The number of epoxide rings is 1. The van der Waals surface area contributed by atoms with Crippen LogP contribution in [0.2, 0.25) is 5.02 Å². The molecule has 2 aromatic rings. The van der Waals surface area contributed by atoms with E-state index >= 15 is 0 Å². The lowest BCUT2D eigenvalue weighted by Crippen LogP contribution is -2.53. The quantitative estimate of drug-likeness (QED) is 0.0372. The van der Waals surface area contributed by atoms with Gasteiger partial charge in [-0.2, -0.15) is 0 Å². The molecule has 4 aliphatic heterocycles. The van der Waals surface area contributed by atoms with E-state index in [1.165, 1.54) is 49.0 Å². The molecular weight excluding hydrogens is 1160 g/mol. The van der Waals surface area contributed by atoms with Crippen LogP contribution in [-0.4, -0.2) is 163 Å². The van der Waals surface area contributed by atoms with Crippen LogP contribution in [0.4, 0.5) is 10.5 Å². The summed E-state index contributed by atoms with van der Waals surface area (Å²) >= 11 is 6.87. The summed E-state index contributed by atoms with van der Waals surface area (Å²) in [6.07, 6.45) is 3.45. The average molecular weight is 1250 g/mol. The Morgan fingerprint density at radius 3 is 2.32 bits per heavy atom. The van der Waals surface area contributed by atoms with Crippen LogP contribution in [0.15, 0.2) is 54.1 Å². The van der Waals surface area contributed by atoms with Crippen LogP contribution < -0.4 is 26.0 Å². The fourth-order valence-corrected chi connectivity index (χ4v) is 12.2.